The molecule has 0 aliphatic heterocycles. The number of hydrogen-bond acceptors (Lipinski definition) is 1. The van der Waals surface area contributed by atoms with Crippen molar-refractivity contribution in [1.29, 1.82) is 0 Å². The molecule has 1 aromatic heterocycles. The van der Waals surface area contributed by atoms with Crippen LogP contribution in [-0.2, 0) is 6.42 Å². The lowest BCUT2D eigenvalue weighted by atomic mass is 10.1. The fourth-order valence-corrected chi connectivity index (χ4v) is 2.95. The normalized spacial score (nSPS) is 13.4. The van der Waals surface area contributed by atoms with Crippen molar-refractivity contribution in [1.82, 2.24) is 8.62 Å². The van der Waals surface area contributed by atoms with Gasteiger partial charge in [-0.3, -0.25) is 0 Å². The summed E-state index contributed by atoms with van der Waals surface area (Å²) in [5.41, 5.74) is 2.64. The summed E-state index contributed by atoms with van der Waals surface area (Å²) >= 11 is 2.23. The second kappa shape index (κ2) is 5.84. The van der Waals surface area contributed by atoms with Crippen molar-refractivity contribution in [2.75, 3.05) is 6.54 Å². The van der Waals surface area contributed by atoms with E-state index in [2.05, 4.69) is 75.8 Å². The molecule has 1 heterocycles. The number of fused-ring (bicyclic) bond motifs is 1. The van der Waals surface area contributed by atoms with Crippen LogP contribution >= 0.6 is 22.9 Å². The van der Waals surface area contributed by atoms with E-state index in [1.807, 2.05) is 0 Å². The van der Waals surface area contributed by atoms with Gasteiger partial charge in [-0.15, -0.1) is 3.64 Å². The number of benzene rings is 1. The quantitative estimate of drug-likeness (QED) is 0.432. The number of hydrogen-bond donors (Lipinski definition) is 3. The molecule has 2 rings (SSSR count). The standard InChI is InChI=1S/C13H18IN3/c1-10(2)17(16-14)8-7-11-9-15-13-6-4-3-5-12(11)13/h3-6,9-10,15-16H,7-8H2,1-2H3/p+1. The van der Waals surface area contributed by atoms with Crippen molar-refractivity contribution >= 4 is 33.8 Å². The van der Waals surface area contributed by atoms with E-state index in [0.717, 1.165) is 13.0 Å². The molecule has 3 nitrogen and oxygen atoms in total. The molecule has 0 aliphatic rings. The fraction of sp³-hybridized carbons (Fsp3) is 0.385. The van der Waals surface area contributed by atoms with E-state index in [0.29, 0.717) is 6.04 Å². The molecule has 1 atom stereocenters. The Kier molecular flexibility index (Phi) is 4.42. The van der Waals surface area contributed by atoms with E-state index < -0.39 is 0 Å². The molecule has 1 aromatic carbocycles. The number of aromatic amines is 1. The molecular weight excluding hydrogens is 325 g/mol. The first-order valence-electron chi connectivity index (χ1n) is 5.99. The second-order valence-electron chi connectivity index (χ2n) is 4.63. The Hall–Kier alpha value is -0.590. The van der Waals surface area contributed by atoms with Crippen LogP contribution < -0.4 is 8.65 Å². The third-order valence-corrected chi connectivity index (χ3v) is 3.85. The van der Waals surface area contributed by atoms with Gasteiger partial charge < -0.3 is 4.98 Å². The molecule has 4 heteroatoms. The minimum absolute atomic E-state index is 0.595. The average Bonchev–Trinajstić information content (AvgIpc) is 2.73. The number of para-hydroxylation sites is 1. The zero-order chi connectivity index (χ0) is 12.3. The molecule has 0 saturated carbocycles. The number of rotatable bonds is 5. The Bertz CT molecular complexity index is 478. The van der Waals surface area contributed by atoms with Gasteiger partial charge in [0.05, 0.1) is 35.5 Å². The Labute approximate surface area is 116 Å². The third kappa shape index (κ3) is 3.00. The summed E-state index contributed by atoms with van der Waals surface area (Å²) in [7, 11) is 0. The van der Waals surface area contributed by atoms with Crippen LogP contribution in [0.2, 0.25) is 0 Å². The van der Waals surface area contributed by atoms with Crippen LogP contribution in [0.4, 0.5) is 0 Å². The van der Waals surface area contributed by atoms with E-state index in [1.54, 1.807) is 0 Å². The molecule has 0 amide bonds. The van der Waals surface area contributed by atoms with Crippen molar-refractivity contribution in [2.45, 2.75) is 26.3 Å². The topological polar surface area (TPSA) is 32.3 Å². The highest BCUT2D eigenvalue weighted by Gasteiger charge is 2.12. The van der Waals surface area contributed by atoms with E-state index in [4.69, 9.17) is 0 Å². The Morgan fingerprint density at radius 2 is 2.12 bits per heavy atom. The smallest absolute Gasteiger partial charge is 0.0998 e. The number of aromatic nitrogens is 1. The second-order valence-corrected chi connectivity index (χ2v) is 5.17. The monoisotopic (exact) mass is 344 g/mol. The fourth-order valence-electron chi connectivity index (χ4n) is 2.05. The maximum absolute atomic E-state index is 3.33. The molecular formula is C13H19IN3+. The summed E-state index contributed by atoms with van der Waals surface area (Å²) in [5, 5.41) is 2.76. The molecule has 0 bridgehead atoms. The van der Waals surface area contributed by atoms with Gasteiger partial charge in [0.1, 0.15) is 0 Å². The molecule has 0 fully saturated rings. The summed E-state index contributed by atoms with van der Waals surface area (Å²) in [6, 6.07) is 9.08. The highest BCUT2D eigenvalue weighted by molar-refractivity contribution is 14.1. The maximum Gasteiger partial charge on any atom is 0.0998 e. The van der Waals surface area contributed by atoms with Crippen LogP contribution in [0.1, 0.15) is 19.4 Å². The van der Waals surface area contributed by atoms with Gasteiger partial charge in [0.2, 0.25) is 0 Å². The van der Waals surface area contributed by atoms with Gasteiger partial charge in [0.15, 0.2) is 0 Å². The van der Waals surface area contributed by atoms with Gasteiger partial charge in [-0.05, 0) is 25.5 Å². The zero-order valence-electron chi connectivity index (χ0n) is 10.3. The van der Waals surface area contributed by atoms with Crippen molar-refractivity contribution in [3.05, 3.63) is 36.0 Å². The summed E-state index contributed by atoms with van der Waals surface area (Å²) in [6.07, 6.45) is 3.23. The van der Waals surface area contributed by atoms with Crippen molar-refractivity contribution in [3.63, 3.8) is 0 Å². The van der Waals surface area contributed by atoms with Gasteiger partial charge in [0, 0.05) is 23.5 Å². The first-order valence-corrected chi connectivity index (χ1v) is 7.07. The van der Waals surface area contributed by atoms with Gasteiger partial charge >= 0.3 is 0 Å². The van der Waals surface area contributed by atoms with Crippen LogP contribution in [0.25, 0.3) is 10.9 Å². The van der Waals surface area contributed by atoms with E-state index >= 15 is 0 Å². The minimum atomic E-state index is 0.595. The van der Waals surface area contributed by atoms with Crippen LogP contribution in [0.5, 0.6) is 0 Å². The maximum atomic E-state index is 3.33. The Morgan fingerprint density at radius 3 is 2.82 bits per heavy atom. The molecule has 1 unspecified atom stereocenters. The highest BCUT2D eigenvalue weighted by Crippen LogP contribution is 2.17. The summed E-state index contributed by atoms with van der Waals surface area (Å²) in [4.78, 5) is 3.33. The first kappa shape index (κ1) is 12.9. The lowest BCUT2D eigenvalue weighted by molar-refractivity contribution is -0.945. The SMILES string of the molecule is CC(C)[NH+](CCc1c[nH]c2ccccc12)NI. The van der Waals surface area contributed by atoms with E-state index in [1.165, 1.54) is 21.5 Å². The highest BCUT2D eigenvalue weighted by atomic mass is 127. The molecule has 2 aromatic rings. The summed E-state index contributed by atoms with van der Waals surface area (Å²) in [6.45, 7) is 5.56. The van der Waals surface area contributed by atoms with Crippen molar-refractivity contribution < 1.29 is 5.01 Å². The summed E-state index contributed by atoms with van der Waals surface area (Å²) < 4.78 is 3.29. The molecule has 0 radical (unpaired) electrons. The number of H-pyrrole nitrogens is 1. The number of quaternary nitrogens is 1. The van der Waals surface area contributed by atoms with E-state index in [9.17, 15) is 0 Å². The van der Waals surface area contributed by atoms with Gasteiger partial charge in [0.25, 0.3) is 0 Å². The lowest BCUT2D eigenvalue weighted by Crippen LogP contribution is -3.19. The van der Waals surface area contributed by atoms with Crippen molar-refractivity contribution in [3.8, 4) is 0 Å². The average molecular weight is 344 g/mol. The number of nitrogens with one attached hydrogen (secondary N) is 3. The largest absolute Gasteiger partial charge is 0.361 e. The van der Waals surface area contributed by atoms with Gasteiger partial charge in [-0.25, -0.2) is 5.01 Å². The molecule has 0 spiro atoms. The Balaban J connectivity index is 2.08. The molecule has 0 saturated heterocycles. The van der Waals surface area contributed by atoms with Crippen LogP contribution in [0.3, 0.4) is 0 Å². The third-order valence-electron chi connectivity index (χ3n) is 3.16. The van der Waals surface area contributed by atoms with E-state index in [-0.39, 0.29) is 0 Å². The zero-order valence-corrected chi connectivity index (χ0v) is 12.4. The van der Waals surface area contributed by atoms with Gasteiger partial charge in [-0.1, -0.05) is 18.2 Å². The summed E-state index contributed by atoms with van der Waals surface area (Å²) in [5.74, 6) is 0. The predicted octanol–water partition coefficient (Wildman–Crippen LogP) is 1.86. The molecule has 92 valence electrons. The van der Waals surface area contributed by atoms with Crippen LogP contribution in [-0.4, -0.2) is 17.6 Å². The molecule has 17 heavy (non-hydrogen) atoms. The van der Waals surface area contributed by atoms with Crippen LogP contribution in [0.15, 0.2) is 30.5 Å². The molecule has 0 aliphatic carbocycles. The van der Waals surface area contributed by atoms with Crippen LogP contribution in [0, 0.1) is 0 Å². The molecule has 3 N–H and O–H groups in total. The Morgan fingerprint density at radius 1 is 1.35 bits per heavy atom. The van der Waals surface area contributed by atoms with Gasteiger partial charge in [-0.2, -0.15) is 0 Å². The minimum Gasteiger partial charge on any atom is -0.361 e. The van der Waals surface area contributed by atoms with Crippen molar-refractivity contribution in [2.24, 2.45) is 0 Å². The lowest BCUT2D eigenvalue weighted by Gasteiger charge is -2.19. The number of halogens is 1. The first-order chi connectivity index (χ1) is 8.22. The predicted molar refractivity (Wildman–Crippen MR) is 80.1 cm³/mol.